The minimum atomic E-state index is -3.69. The molecule has 8 heteroatoms. The molecule has 0 saturated carbocycles. The second-order valence-electron chi connectivity index (χ2n) is 6.08. The number of rotatable bonds is 8. The second kappa shape index (κ2) is 8.77. The SMILES string of the molecule is CC(=O)c1cccc(NC(=O)CCCN(c2ccccc2F)S(C)(=O)=O)c1. The van der Waals surface area contributed by atoms with Gasteiger partial charge in [-0.25, -0.2) is 12.8 Å². The number of Topliss-reactive ketones (excluding diaryl/α,β-unsaturated/α-hetero) is 1. The first-order valence-corrected chi connectivity index (χ1v) is 10.2. The summed E-state index contributed by atoms with van der Waals surface area (Å²) >= 11 is 0. The minimum Gasteiger partial charge on any atom is -0.326 e. The zero-order valence-electron chi connectivity index (χ0n) is 15.1. The lowest BCUT2D eigenvalue weighted by Crippen LogP contribution is -2.32. The molecule has 2 rings (SSSR count). The Labute approximate surface area is 158 Å². The van der Waals surface area contributed by atoms with Crippen molar-refractivity contribution >= 4 is 33.1 Å². The maximum absolute atomic E-state index is 13.9. The van der Waals surface area contributed by atoms with Crippen LogP contribution in [0.25, 0.3) is 0 Å². The van der Waals surface area contributed by atoms with Crippen molar-refractivity contribution in [2.45, 2.75) is 19.8 Å². The second-order valence-corrected chi connectivity index (χ2v) is 7.98. The molecule has 6 nitrogen and oxygen atoms in total. The van der Waals surface area contributed by atoms with Gasteiger partial charge in [-0.3, -0.25) is 13.9 Å². The Morgan fingerprint density at radius 2 is 1.81 bits per heavy atom. The van der Waals surface area contributed by atoms with Gasteiger partial charge < -0.3 is 5.32 Å². The van der Waals surface area contributed by atoms with Gasteiger partial charge in [0, 0.05) is 24.2 Å². The smallest absolute Gasteiger partial charge is 0.232 e. The molecule has 1 N–H and O–H groups in total. The van der Waals surface area contributed by atoms with Gasteiger partial charge in [0.1, 0.15) is 5.82 Å². The highest BCUT2D eigenvalue weighted by molar-refractivity contribution is 7.92. The van der Waals surface area contributed by atoms with Crippen LogP contribution in [0.2, 0.25) is 0 Å². The normalized spacial score (nSPS) is 11.1. The fourth-order valence-corrected chi connectivity index (χ4v) is 3.51. The van der Waals surface area contributed by atoms with E-state index in [4.69, 9.17) is 0 Å². The van der Waals surface area contributed by atoms with Crippen LogP contribution in [0, 0.1) is 5.82 Å². The number of anilines is 2. The van der Waals surface area contributed by atoms with Crippen molar-refractivity contribution in [3.05, 3.63) is 59.9 Å². The van der Waals surface area contributed by atoms with Gasteiger partial charge in [-0.05, 0) is 37.6 Å². The Morgan fingerprint density at radius 3 is 2.44 bits per heavy atom. The molecule has 0 aromatic heterocycles. The molecule has 2 aromatic carbocycles. The first-order valence-electron chi connectivity index (χ1n) is 8.31. The number of nitrogens with zero attached hydrogens (tertiary/aromatic N) is 1. The van der Waals surface area contributed by atoms with Gasteiger partial charge in [-0.1, -0.05) is 24.3 Å². The molecule has 144 valence electrons. The number of nitrogens with one attached hydrogen (secondary N) is 1. The molecule has 0 atom stereocenters. The van der Waals surface area contributed by atoms with E-state index in [1.54, 1.807) is 30.3 Å². The molecule has 0 aliphatic heterocycles. The molecule has 0 bridgehead atoms. The van der Waals surface area contributed by atoms with Crippen molar-refractivity contribution in [1.29, 1.82) is 0 Å². The van der Waals surface area contributed by atoms with Crippen molar-refractivity contribution < 1.29 is 22.4 Å². The highest BCUT2D eigenvalue weighted by Crippen LogP contribution is 2.22. The Kier molecular flexibility index (Phi) is 6.68. The predicted octanol–water partition coefficient (Wildman–Crippen LogP) is 3.21. The monoisotopic (exact) mass is 392 g/mol. The Bertz CT molecular complexity index is 944. The van der Waals surface area contributed by atoms with Crippen molar-refractivity contribution in [1.82, 2.24) is 0 Å². The van der Waals surface area contributed by atoms with E-state index in [0.29, 0.717) is 11.3 Å². The van der Waals surface area contributed by atoms with Crippen LogP contribution in [0.15, 0.2) is 48.5 Å². The molecular formula is C19H21FN2O4S. The average Bonchev–Trinajstić information content (AvgIpc) is 2.59. The van der Waals surface area contributed by atoms with E-state index in [-0.39, 0.29) is 36.8 Å². The standard InChI is InChI=1S/C19H21FN2O4S/c1-14(23)15-7-5-8-16(13-15)21-19(24)11-6-12-22(27(2,25)26)18-10-4-3-9-17(18)20/h3-5,7-10,13H,6,11-12H2,1-2H3,(H,21,24). The zero-order valence-corrected chi connectivity index (χ0v) is 15.9. The molecule has 0 saturated heterocycles. The lowest BCUT2D eigenvalue weighted by molar-refractivity contribution is -0.116. The summed E-state index contributed by atoms with van der Waals surface area (Å²) in [5, 5.41) is 2.67. The minimum absolute atomic E-state index is 0.0271. The van der Waals surface area contributed by atoms with Crippen LogP contribution in [0.3, 0.4) is 0 Å². The van der Waals surface area contributed by atoms with Gasteiger partial charge in [0.15, 0.2) is 5.78 Å². The molecule has 0 unspecified atom stereocenters. The first-order chi connectivity index (χ1) is 12.7. The van der Waals surface area contributed by atoms with Crippen LogP contribution < -0.4 is 9.62 Å². The van der Waals surface area contributed by atoms with E-state index < -0.39 is 15.8 Å². The molecule has 0 aliphatic carbocycles. The summed E-state index contributed by atoms with van der Waals surface area (Å²) < 4.78 is 38.8. The summed E-state index contributed by atoms with van der Waals surface area (Å²) in [5.41, 5.74) is 0.923. The van der Waals surface area contributed by atoms with E-state index in [2.05, 4.69) is 5.32 Å². The molecule has 0 aliphatic rings. The summed E-state index contributed by atoms with van der Waals surface area (Å²) in [6.07, 6.45) is 1.25. The largest absolute Gasteiger partial charge is 0.326 e. The summed E-state index contributed by atoms with van der Waals surface area (Å²) in [6, 6.07) is 12.1. The number of para-hydroxylation sites is 1. The molecular weight excluding hydrogens is 371 g/mol. The van der Waals surface area contributed by atoms with Gasteiger partial charge >= 0.3 is 0 Å². The quantitative estimate of drug-likeness (QED) is 0.699. The molecule has 0 spiro atoms. The Hall–Kier alpha value is -2.74. The lowest BCUT2D eigenvalue weighted by atomic mass is 10.1. The average molecular weight is 392 g/mol. The topological polar surface area (TPSA) is 83.6 Å². The number of benzene rings is 2. The molecule has 0 heterocycles. The number of halogens is 1. The maximum Gasteiger partial charge on any atom is 0.232 e. The highest BCUT2D eigenvalue weighted by Gasteiger charge is 2.20. The highest BCUT2D eigenvalue weighted by atomic mass is 32.2. The number of carbonyl (C=O) groups excluding carboxylic acids is 2. The third-order valence-corrected chi connectivity index (χ3v) is 5.02. The third-order valence-electron chi connectivity index (χ3n) is 3.84. The number of carbonyl (C=O) groups is 2. The number of ketones is 1. The van der Waals surface area contributed by atoms with Crippen molar-refractivity contribution in [2.24, 2.45) is 0 Å². The fraction of sp³-hybridized carbons (Fsp3) is 0.263. The van der Waals surface area contributed by atoms with E-state index in [1.165, 1.54) is 25.1 Å². The van der Waals surface area contributed by atoms with Gasteiger partial charge in [0.2, 0.25) is 15.9 Å². The van der Waals surface area contributed by atoms with Crippen LogP contribution in [-0.2, 0) is 14.8 Å². The summed E-state index contributed by atoms with van der Waals surface area (Å²) in [4.78, 5) is 23.5. The van der Waals surface area contributed by atoms with Crippen LogP contribution in [0.4, 0.5) is 15.8 Å². The first kappa shape index (κ1) is 20.6. The number of amides is 1. The van der Waals surface area contributed by atoms with Gasteiger partial charge in [-0.15, -0.1) is 0 Å². The van der Waals surface area contributed by atoms with E-state index in [0.717, 1.165) is 10.6 Å². The zero-order chi connectivity index (χ0) is 20.0. The van der Waals surface area contributed by atoms with E-state index >= 15 is 0 Å². The molecule has 0 radical (unpaired) electrons. The van der Waals surface area contributed by atoms with Gasteiger partial charge in [-0.2, -0.15) is 0 Å². The molecule has 27 heavy (non-hydrogen) atoms. The number of sulfonamides is 1. The van der Waals surface area contributed by atoms with Crippen LogP contribution in [-0.4, -0.2) is 32.9 Å². The molecule has 1 amide bonds. The predicted molar refractivity (Wildman–Crippen MR) is 103 cm³/mol. The summed E-state index contributed by atoms with van der Waals surface area (Å²) in [5.74, 6) is -1.08. The lowest BCUT2D eigenvalue weighted by Gasteiger charge is -2.22. The van der Waals surface area contributed by atoms with Crippen molar-refractivity contribution in [2.75, 3.05) is 22.4 Å². The van der Waals surface area contributed by atoms with Crippen molar-refractivity contribution in [3.63, 3.8) is 0 Å². The Balaban J connectivity index is 1.99. The number of hydrogen-bond donors (Lipinski definition) is 1. The van der Waals surface area contributed by atoms with Gasteiger partial charge in [0.05, 0.1) is 11.9 Å². The summed E-state index contributed by atoms with van der Waals surface area (Å²) in [6.45, 7) is 1.41. The fourth-order valence-electron chi connectivity index (χ4n) is 2.54. The Morgan fingerprint density at radius 1 is 1.11 bits per heavy atom. The van der Waals surface area contributed by atoms with E-state index in [9.17, 15) is 22.4 Å². The van der Waals surface area contributed by atoms with E-state index in [1.807, 2.05) is 0 Å². The number of hydrogen-bond acceptors (Lipinski definition) is 4. The van der Waals surface area contributed by atoms with Crippen LogP contribution in [0.5, 0.6) is 0 Å². The maximum atomic E-state index is 13.9. The van der Waals surface area contributed by atoms with Crippen LogP contribution >= 0.6 is 0 Å². The molecule has 2 aromatic rings. The van der Waals surface area contributed by atoms with Crippen molar-refractivity contribution in [3.8, 4) is 0 Å². The molecule has 0 fully saturated rings. The third kappa shape index (κ3) is 5.89. The van der Waals surface area contributed by atoms with Gasteiger partial charge in [0.25, 0.3) is 0 Å². The summed E-state index contributed by atoms with van der Waals surface area (Å²) in [7, 11) is -3.69. The van der Waals surface area contributed by atoms with Crippen LogP contribution in [0.1, 0.15) is 30.1 Å².